The van der Waals surface area contributed by atoms with Gasteiger partial charge in [0.2, 0.25) is 0 Å². The quantitative estimate of drug-likeness (QED) is 0.164. The number of hydrogen-bond donors (Lipinski definition) is 0. The van der Waals surface area contributed by atoms with Crippen molar-refractivity contribution in [3.05, 3.63) is 258 Å². The third-order valence-electron chi connectivity index (χ3n) is 16.2. The van der Waals surface area contributed by atoms with E-state index in [0.29, 0.717) is 0 Å². The van der Waals surface area contributed by atoms with E-state index in [-0.39, 0.29) is 17.5 Å². The van der Waals surface area contributed by atoms with Gasteiger partial charge in [0, 0.05) is 45.3 Å². The van der Waals surface area contributed by atoms with Crippen molar-refractivity contribution in [3.8, 4) is 44.9 Å². The summed E-state index contributed by atoms with van der Waals surface area (Å²) < 4.78 is 6.83. The standard InChI is InChI=1S/C69H55BN2O/c1-67(2,3)48-31-36-51(37-32-48)71-60-38-33-49(68(4,5)6)41-58(60)70-59-42-53-52-23-13-14-24-54(52)69(55-25-15-17-27-64(55)73-65-28-18-16-26-56(65)69)57(53)43-61(59)72(50-34-29-46(30-35-50)44-19-9-7-10-20-44)63-40-47(39-62(71)66(63)70)45-21-11-8-12-22-45/h7-43H,1-6H3. The first kappa shape index (κ1) is 43.5. The SMILES string of the molecule is CC(C)(C)c1ccc(N2c3ccc(C(C)(C)C)cc3B3c4cc5c(cc4N(c4ccc(-c6ccccc6)cc4)c4cc(-c6ccccc6)cc2c43)C2(c3ccccc3Oc3ccccc32)c2ccccc2-5)cc1. The van der Waals surface area contributed by atoms with E-state index in [1.807, 2.05) is 0 Å². The van der Waals surface area contributed by atoms with E-state index in [2.05, 4.69) is 276 Å². The molecular formula is C69H55BN2O. The maximum absolute atomic E-state index is 6.83. The summed E-state index contributed by atoms with van der Waals surface area (Å²) in [4.78, 5) is 5.16. The molecule has 73 heavy (non-hydrogen) atoms. The van der Waals surface area contributed by atoms with Gasteiger partial charge in [0.1, 0.15) is 11.5 Å². The molecule has 3 aliphatic heterocycles. The molecule has 1 aliphatic carbocycles. The lowest BCUT2D eigenvalue weighted by atomic mass is 9.33. The second kappa shape index (κ2) is 15.8. The maximum Gasteiger partial charge on any atom is 0.252 e. The highest BCUT2D eigenvalue weighted by molar-refractivity contribution is 7.00. The fourth-order valence-electron chi connectivity index (χ4n) is 12.7. The minimum Gasteiger partial charge on any atom is -0.457 e. The molecule has 0 saturated heterocycles. The molecule has 0 saturated carbocycles. The van der Waals surface area contributed by atoms with Crippen LogP contribution < -0.4 is 30.9 Å². The van der Waals surface area contributed by atoms with Crippen LogP contribution >= 0.6 is 0 Å². The molecule has 0 radical (unpaired) electrons. The van der Waals surface area contributed by atoms with E-state index in [9.17, 15) is 0 Å². The maximum atomic E-state index is 6.83. The van der Waals surface area contributed by atoms with Crippen LogP contribution in [0.5, 0.6) is 11.5 Å². The minimum absolute atomic E-state index is 0.0178. The Balaban J connectivity index is 1.12. The number of benzene rings is 10. The van der Waals surface area contributed by atoms with Crippen molar-refractivity contribution in [1.82, 2.24) is 0 Å². The van der Waals surface area contributed by atoms with Crippen LogP contribution in [0, 0.1) is 0 Å². The molecule has 0 fully saturated rings. The first-order valence-corrected chi connectivity index (χ1v) is 25.9. The Morgan fingerprint density at radius 3 is 1.44 bits per heavy atom. The van der Waals surface area contributed by atoms with E-state index in [1.165, 1.54) is 94.8 Å². The van der Waals surface area contributed by atoms with Gasteiger partial charge in [0.05, 0.1) is 5.41 Å². The van der Waals surface area contributed by atoms with Gasteiger partial charge in [-0.2, -0.15) is 0 Å². The highest BCUT2D eigenvalue weighted by Gasteiger charge is 2.53. The predicted molar refractivity (Wildman–Crippen MR) is 306 cm³/mol. The molecule has 0 amide bonds. The molecule has 0 N–H and O–H groups in total. The van der Waals surface area contributed by atoms with Crippen LogP contribution in [-0.4, -0.2) is 6.71 Å². The van der Waals surface area contributed by atoms with Crippen LogP contribution in [0.1, 0.15) is 74.9 Å². The summed E-state index contributed by atoms with van der Waals surface area (Å²) in [5, 5.41) is 0. The summed E-state index contributed by atoms with van der Waals surface area (Å²) >= 11 is 0. The van der Waals surface area contributed by atoms with Gasteiger partial charge in [0.25, 0.3) is 6.71 Å². The molecular weight excluding hydrogens is 884 g/mol. The van der Waals surface area contributed by atoms with Crippen molar-refractivity contribution >= 4 is 57.2 Å². The molecule has 0 bridgehead atoms. The second-order valence-electron chi connectivity index (χ2n) is 22.5. The summed E-state index contributed by atoms with van der Waals surface area (Å²) in [7, 11) is 0. The topological polar surface area (TPSA) is 15.7 Å². The van der Waals surface area contributed by atoms with Gasteiger partial charge in [-0.15, -0.1) is 0 Å². The molecule has 0 unspecified atom stereocenters. The Morgan fingerprint density at radius 1 is 0.356 bits per heavy atom. The first-order chi connectivity index (χ1) is 35.5. The van der Waals surface area contributed by atoms with Crippen molar-refractivity contribution in [3.63, 3.8) is 0 Å². The summed E-state index contributed by atoms with van der Waals surface area (Å²) in [6.45, 7) is 13.8. The van der Waals surface area contributed by atoms with Gasteiger partial charge >= 0.3 is 0 Å². The van der Waals surface area contributed by atoms with Crippen molar-refractivity contribution in [1.29, 1.82) is 0 Å². The fourth-order valence-corrected chi connectivity index (χ4v) is 12.7. The predicted octanol–water partition coefficient (Wildman–Crippen LogP) is 16.2. The zero-order chi connectivity index (χ0) is 49.4. The average molecular weight is 939 g/mol. The number of rotatable bonds is 4. The van der Waals surface area contributed by atoms with Gasteiger partial charge in [0.15, 0.2) is 0 Å². The minimum atomic E-state index is -0.632. The van der Waals surface area contributed by atoms with Crippen LogP contribution in [0.3, 0.4) is 0 Å². The Labute approximate surface area is 430 Å². The summed E-state index contributed by atoms with van der Waals surface area (Å²) in [5.41, 5.74) is 25.0. The zero-order valence-electron chi connectivity index (χ0n) is 42.2. The van der Waals surface area contributed by atoms with Gasteiger partial charge in [-0.3, -0.25) is 0 Å². The molecule has 3 heterocycles. The van der Waals surface area contributed by atoms with E-state index >= 15 is 0 Å². The number of anilines is 6. The van der Waals surface area contributed by atoms with Crippen LogP contribution in [0.25, 0.3) is 33.4 Å². The number of fused-ring (bicyclic) bond motifs is 13. The zero-order valence-corrected chi connectivity index (χ0v) is 42.2. The average Bonchev–Trinajstić information content (AvgIpc) is 3.70. The van der Waals surface area contributed by atoms with Crippen LogP contribution in [-0.2, 0) is 16.2 Å². The lowest BCUT2D eigenvalue weighted by Gasteiger charge is -2.45. The molecule has 1 spiro atoms. The Kier molecular flexibility index (Phi) is 9.42. The molecule has 10 aromatic rings. The molecule has 0 atom stereocenters. The molecule has 14 rings (SSSR count). The Hall–Kier alpha value is -8.34. The van der Waals surface area contributed by atoms with Crippen molar-refractivity contribution < 1.29 is 4.74 Å². The van der Waals surface area contributed by atoms with Gasteiger partial charge in [-0.1, -0.05) is 205 Å². The molecule has 0 aromatic heterocycles. The van der Waals surface area contributed by atoms with E-state index in [1.54, 1.807) is 0 Å². The van der Waals surface area contributed by atoms with Crippen LogP contribution in [0.15, 0.2) is 224 Å². The first-order valence-electron chi connectivity index (χ1n) is 25.9. The summed E-state index contributed by atoms with van der Waals surface area (Å²) in [5.74, 6) is 1.79. The van der Waals surface area contributed by atoms with Gasteiger partial charge in [-0.25, -0.2) is 0 Å². The number of para-hydroxylation sites is 2. The van der Waals surface area contributed by atoms with E-state index in [4.69, 9.17) is 4.74 Å². The molecule has 10 aromatic carbocycles. The van der Waals surface area contributed by atoms with E-state index < -0.39 is 5.41 Å². The summed E-state index contributed by atoms with van der Waals surface area (Å²) in [6.07, 6.45) is 0. The van der Waals surface area contributed by atoms with Crippen molar-refractivity contribution in [2.24, 2.45) is 0 Å². The second-order valence-corrected chi connectivity index (χ2v) is 22.5. The molecule has 4 aliphatic rings. The van der Waals surface area contributed by atoms with Crippen LogP contribution in [0.4, 0.5) is 34.1 Å². The normalized spacial score (nSPS) is 14.3. The third-order valence-corrected chi connectivity index (χ3v) is 16.2. The highest BCUT2D eigenvalue weighted by Crippen LogP contribution is 2.63. The largest absolute Gasteiger partial charge is 0.457 e. The Morgan fingerprint density at radius 2 is 0.836 bits per heavy atom. The fraction of sp³-hybridized carbons (Fsp3) is 0.130. The van der Waals surface area contributed by atoms with Crippen LogP contribution in [0.2, 0.25) is 0 Å². The molecule has 4 heteroatoms. The monoisotopic (exact) mass is 938 g/mol. The third kappa shape index (κ3) is 6.45. The van der Waals surface area contributed by atoms with Crippen molar-refractivity contribution in [2.75, 3.05) is 9.80 Å². The smallest absolute Gasteiger partial charge is 0.252 e. The number of ether oxygens (including phenoxy) is 1. The number of hydrogen-bond acceptors (Lipinski definition) is 3. The Bertz CT molecular complexity index is 3800. The summed E-state index contributed by atoms with van der Waals surface area (Å²) in [6, 6.07) is 84.3. The highest BCUT2D eigenvalue weighted by atomic mass is 16.5. The lowest BCUT2D eigenvalue weighted by molar-refractivity contribution is 0.436. The van der Waals surface area contributed by atoms with E-state index in [0.717, 1.165) is 34.0 Å². The van der Waals surface area contributed by atoms with Crippen molar-refractivity contribution in [2.45, 2.75) is 57.8 Å². The lowest BCUT2D eigenvalue weighted by Crippen LogP contribution is -2.61. The molecule has 350 valence electrons. The molecule has 3 nitrogen and oxygen atoms in total. The van der Waals surface area contributed by atoms with Gasteiger partial charge < -0.3 is 14.5 Å². The van der Waals surface area contributed by atoms with Gasteiger partial charge in [-0.05, 0) is 144 Å². The number of nitrogens with zero attached hydrogens (tertiary/aromatic N) is 2.